The van der Waals surface area contributed by atoms with Gasteiger partial charge in [0.2, 0.25) is 0 Å². The van der Waals surface area contributed by atoms with Gasteiger partial charge in [-0.2, -0.15) is 0 Å². The van der Waals surface area contributed by atoms with Crippen LogP contribution in [-0.4, -0.2) is 41.5 Å². The first kappa shape index (κ1) is 21.2. The number of benzene rings is 2. The summed E-state index contributed by atoms with van der Waals surface area (Å²) < 4.78 is 5.77. The second-order valence-corrected chi connectivity index (χ2v) is 8.44. The van der Waals surface area contributed by atoms with Crippen molar-refractivity contribution in [3.63, 3.8) is 0 Å². The number of hydrogen-bond acceptors (Lipinski definition) is 5. The molecule has 2 aliphatic rings. The zero-order valence-corrected chi connectivity index (χ0v) is 18.5. The maximum Gasteiger partial charge on any atom is 0.254 e. The average molecular weight is 443 g/mol. The fraction of sp³-hybridized carbons (Fsp3) is 0.269. The van der Waals surface area contributed by atoms with Crippen LogP contribution >= 0.6 is 0 Å². The lowest BCUT2D eigenvalue weighted by Gasteiger charge is -2.24. The first-order valence-corrected chi connectivity index (χ1v) is 11.2. The lowest BCUT2D eigenvalue weighted by molar-refractivity contribution is 0.0718. The molecule has 1 atom stereocenters. The molecule has 3 heterocycles. The Morgan fingerprint density at radius 3 is 2.91 bits per heavy atom. The lowest BCUT2D eigenvalue weighted by Crippen LogP contribution is -2.42. The minimum atomic E-state index is -0.165. The molecule has 168 valence electrons. The van der Waals surface area contributed by atoms with Gasteiger partial charge in [-0.1, -0.05) is 18.2 Å². The van der Waals surface area contributed by atoms with Crippen LogP contribution in [0.1, 0.15) is 44.7 Å². The molecule has 2 aromatic carbocycles. The van der Waals surface area contributed by atoms with Crippen LogP contribution in [0.15, 0.2) is 60.9 Å². The van der Waals surface area contributed by atoms with E-state index in [1.54, 1.807) is 17.3 Å². The molecule has 5 rings (SSSR count). The number of rotatable bonds is 5. The van der Waals surface area contributed by atoms with Crippen molar-refractivity contribution >= 4 is 11.8 Å². The SMILES string of the molecule is CN(C(=O)c1cccc(CNC(=O)c2ccc3c(c2)COc2cnccc2-3)c1)[C@@H]1CCCN1. The molecule has 7 nitrogen and oxygen atoms in total. The second kappa shape index (κ2) is 9.03. The quantitative estimate of drug-likeness (QED) is 0.633. The van der Waals surface area contributed by atoms with E-state index in [0.29, 0.717) is 24.3 Å². The van der Waals surface area contributed by atoms with Gasteiger partial charge in [-0.05, 0) is 66.4 Å². The molecule has 1 saturated heterocycles. The van der Waals surface area contributed by atoms with Gasteiger partial charge in [0.05, 0.1) is 12.4 Å². The van der Waals surface area contributed by atoms with Gasteiger partial charge in [0.15, 0.2) is 0 Å². The molecule has 0 saturated carbocycles. The topological polar surface area (TPSA) is 83.6 Å². The third-order valence-electron chi connectivity index (χ3n) is 6.27. The number of aromatic nitrogens is 1. The van der Waals surface area contributed by atoms with E-state index in [-0.39, 0.29) is 18.0 Å². The van der Waals surface area contributed by atoms with Crippen molar-refractivity contribution < 1.29 is 14.3 Å². The van der Waals surface area contributed by atoms with E-state index in [4.69, 9.17) is 4.74 Å². The number of nitrogens with zero attached hydrogens (tertiary/aromatic N) is 2. The Morgan fingerprint density at radius 1 is 1.15 bits per heavy atom. The van der Waals surface area contributed by atoms with E-state index in [1.165, 1.54) is 0 Å². The van der Waals surface area contributed by atoms with Crippen LogP contribution in [-0.2, 0) is 13.2 Å². The van der Waals surface area contributed by atoms with Gasteiger partial charge in [0.25, 0.3) is 11.8 Å². The standard InChI is InChI=1S/C26H26N4O3/c1-30(24-6-3-10-28-24)26(32)19-5-2-4-17(12-19)14-29-25(31)18-7-8-21-20(13-18)16-33-23-15-27-11-9-22(21)23/h2,4-5,7-9,11-13,15,24,28H,3,6,10,14,16H2,1H3,(H,29,31)/t24-/m1/s1. The molecular weight excluding hydrogens is 416 g/mol. The Morgan fingerprint density at radius 2 is 2.06 bits per heavy atom. The molecule has 2 amide bonds. The van der Waals surface area contributed by atoms with Crippen LogP contribution < -0.4 is 15.4 Å². The van der Waals surface area contributed by atoms with Crippen LogP contribution in [0, 0.1) is 0 Å². The summed E-state index contributed by atoms with van der Waals surface area (Å²) in [6.45, 7) is 1.68. The summed E-state index contributed by atoms with van der Waals surface area (Å²) in [6.07, 6.45) is 5.56. The van der Waals surface area contributed by atoms with Gasteiger partial charge < -0.3 is 15.0 Å². The highest BCUT2D eigenvalue weighted by Gasteiger charge is 2.24. The molecule has 3 aromatic rings. The van der Waals surface area contributed by atoms with Gasteiger partial charge in [-0.3, -0.25) is 19.9 Å². The van der Waals surface area contributed by atoms with E-state index in [1.807, 2.05) is 55.6 Å². The Kier molecular flexibility index (Phi) is 5.79. The molecule has 7 heteroatoms. The third kappa shape index (κ3) is 4.32. The summed E-state index contributed by atoms with van der Waals surface area (Å²) in [5, 5.41) is 6.31. The first-order chi connectivity index (χ1) is 16.1. The zero-order chi connectivity index (χ0) is 22.8. The highest BCUT2D eigenvalue weighted by atomic mass is 16.5. The molecule has 0 radical (unpaired) electrons. The van der Waals surface area contributed by atoms with Crippen LogP contribution in [0.2, 0.25) is 0 Å². The lowest BCUT2D eigenvalue weighted by atomic mass is 9.96. The summed E-state index contributed by atoms with van der Waals surface area (Å²) in [7, 11) is 1.83. The minimum Gasteiger partial charge on any atom is -0.487 e. The molecule has 1 fully saturated rings. The normalized spacial score (nSPS) is 16.3. The van der Waals surface area contributed by atoms with E-state index in [9.17, 15) is 9.59 Å². The predicted octanol–water partition coefficient (Wildman–Crippen LogP) is 3.35. The fourth-order valence-electron chi connectivity index (χ4n) is 4.43. The van der Waals surface area contributed by atoms with E-state index in [2.05, 4.69) is 15.6 Å². The molecule has 0 aliphatic carbocycles. The Labute approximate surface area is 192 Å². The second-order valence-electron chi connectivity index (χ2n) is 8.44. The van der Waals surface area contributed by atoms with E-state index >= 15 is 0 Å². The number of carbonyl (C=O) groups excluding carboxylic acids is 2. The molecule has 33 heavy (non-hydrogen) atoms. The monoisotopic (exact) mass is 442 g/mol. The van der Waals surface area contributed by atoms with E-state index in [0.717, 1.165) is 47.4 Å². The third-order valence-corrected chi connectivity index (χ3v) is 6.27. The first-order valence-electron chi connectivity index (χ1n) is 11.2. The number of pyridine rings is 1. The van der Waals surface area contributed by atoms with Crippen molar-refractivity contribution in [2.24, 2.45) is 0 Å². The van der Waals surface area contributed by atoms with Crippen molar-refractivity contribution in [2.75, 3.05) is 13.6 Å². The van der Waals surface area contributed by atoms with Gasteiger partial charge in [0, 0.05) is 36.5 Å². The summed E-state index contributed by atoms with van der Waals surface area (Å²) >= 11 is 0. The van der Waals surface area contributed by atoms with Crippen molar-refractivity contribution in [1.82, 2.24) is 20.5 Å². The van der Waals surface area contributed by atoms with Crippen LogP contribution in [0.5, 0.6) is 5.75 Å². The molecule has 2 N–H and O–H groups in total. The molecule has 0 unspecified atom stereocenters. The highest BCUT2D eigenvalue weighted by Crippen LogP contribution is 2.36. The number of fused-ring (bicyclic) bond motifs is 3. The van der Waals surface area contributed by atoms with Crippen LogP contribution in [0.3, 0.4) is 0 Å². The average Bonchev–Trinajstić information content (AvgIpc) is 3.41. The number of amides is 2. The van der Waals surface area contributed by atoms with Crippen LogP contribution in [0.25, 0.3) is 11.1 Å². The summed E-state index contributed by atoms with van der Waals surface area (Å²) in [5.74, 6) is 0.570. The number of hydrogen-bond donors (Lipinski definition) is 2. The maximum atomic E-state index is 12.9. The Hall–Kier alpha value is -3.71. The Bertz CT molecular complexity index is 1200. The predicted molar refractivity (Wildman–Crippen MR) is 125 cm³/mol. The van der Waals surface area contributed by atoms with Gasteiger partial charge in [0.1, 0.15) is 12.4 Å². The minimum absolute atomic E-state index is 0.0206. The maximum absolute atomic E-state index is 12.9. The van der Waals surface area contributed by atoms with Crippen molar-refractivity contribution in [3.05, 3.63) is 83.2 Å². The summed E-state index contributed by atoms with van der Waals surface area (Å²) in [6, 6.07) is 15.0. The number of nitrogens with one attached hydrogen (secondary N) is 2. The van der Waals surface area contributed by atoms with Crippen LogP contribution in [0.4, 0.5) is 0 Å². The summed E-state index contributed by atoms with van der Waals surface area (Å²) in [4.78, 5) is 31.5. The highest BCUT2D eigenvalue weighted by molar-refractivity contribution is 5.96. The molecule has 1 aromatic heterocycles. The van der Waals surface area contributed by atoms with Crippen molar-refractivity contribution in [1.29, 1.82) is 0 Å². The van der Waals surface area contributed by atoms with Crippen molar-refractivity contribution in [3.8, 4) is 16.9 Å². The molecule has 2 aliphatic heterocycles. The Balaban J connectivity index is 1.25. The molecule has 0 spiro atoms. The largest absolute Gasteiger partial charge is 0.487 e. The fourth-order valence-corrected chi connectivity index (χ4v) is 4.43. The zero-order valence-electron chi connectivity index (χ0n) is 18.5. The summed E-state index contributed by atoms with van der Waals surface area (Å²) in [5.41, 5.74) is 5.09. The number of carbonyl (C=O) groups is 2. The van der Waals surface area contributed by atoms with Gasteiger partial charge in [-0.25, -0.2) is 0 Å². The van der Waals surface area contributed by atoms with E-state index < -0.39 is 0 Å². The molecule has 0 bridgehead atoms. The number of ether oxygens (including phenoxy) is 1. The van der Waals surface area contributed by atoms with Gasteiger partial charge >= 0.3 is 0 Å². The van der Waals surface area contributed by atoms with Crippen molar-refractivity contribution in [2.45, 2.75) is 32.2 Å². The van der Waals surface area contributed by atoms with Gasteiger partial charge in [-0.15, -0.1) is 0 Å². The smallest absolute Gasteiger partial charge is 0.254 e. The molecular formula is C26H26N4O3.